The van der Waals surface area contributed by atoms with Gasteiger partial charge in [0.25, 0.3) is 11.5 Å². The molecule has 1 amide bonds. The van der Waals surface area contributed by atoms with Gasteiger partial charge in [0.2, 0.25) is 0 Å². The van der Waals surface area contributed by atoms with E-state index in [2.05, 4.69) is 31.7 Å². The molecule has 0 spiro atoms. The number of amides is 1. The molecular formula is C25H22BrF3N6O2. The molecule has 0 saturated carbocycles. The van der Waals surface area contributed by atoms with Crippen LogP contribution < -0.4 is 16.2 Å². The van der Waals surface area contributed by atoms with E-state index in [-0.39, 0.29) is 28.1 Å². The fourth-order valence-electron chi connectivity index (χ4n) is 4.52. The number of anilines is 2. The van der Waals surface area contributed by atoms with Crippen LogP contribution >= 0.6 is 15.9 Å². The monoisotopic (exact) mass is 574 g/mol. The largest absolute Gasteiger partial charge is 0.410 e. The number of aromatic nitrogens is 4. The molecule has 5 rings (SSSR count). The standard InChI is InChI=1S/C25H22BrF3N6O2/c1-14-20(24(37)35(33(14)2)16-11-7-4-8-12-16)31-23(36)21-19(26)22-30-17(15-9-5-3-6-10-15)13-18(25(27,28)29)34(22)32-21/h3-12,17-18,30H,13H2,1-2H3,(H,31,36)/t17-,18-/m0/s1. The van der Waals surface area contributed by atoms with Crippen LogP contribution in [0.1, 0.15) is 40.3 Å². The minimum absolute atomic E-state index is 0.0108. The normalized spacial score (nSPS) is 17.2. The Morgan fingerprint density at radius 2 is 1.73 bits per heavy atom. The van der Waals surface area contributed by atoms with Gasteiger partial charge < -0.3 is 10.6 Å². The van der Waals surface area contributed by atoms with Gasteiger partial charge in [0, 0.05) is 13.5 Å². The lowest BCUT2D eigenvalue weighted by atomic mass is 9.97. The van der Waals surface area contributed by atoms with Crippen LogP contribution in [0, 0.1) is 6.92 Å². The third-order valence-corrected chi connectivity index (χ3v) is 7.26. The second kappa shape index (κ2) is 9.25. The molecule has 2 atom stereocenters. The van der Waals surface area contributed by atoms with Crippen LogP contribution in [0.4, 0.5) is 24.7 Å². The van der Waals surface area contributed by atoms with E-state index >= 15 is 0 Å². The summed E-state index contributed by atoms with van der Waals surface area (Å²) in [4.78, 5) is 26.4. The highest BCUT2D eigenvalue weighted by Gasteiger charge is 2.47. The van der Waals surface area contributed by atoms with Crippen LogP contribution in [-0.4, -0.2) is 31.2 Å². The number of rotatable bonds is 4. The first-order valence-electron chi connectivity index (χ1n) is 11.4. The maximum Gasteiger partial charge on any atom is 0.410 e. The zero-order valence-corrected chi connectivity index (χ0v) is 21.3. The summed E-state index contributed by atoms with van der Waals surface area (Å²) in [5.74, 6) is -0.766. The average molecular weight is 575 g/mol. The molecule has 8 nitrogen and oxygen atoms in total. The highest BCUT2D eigenvalue weighted by molar-refractivity contribution is 9.10. The Balaban J connectivity index is 1.52. The maximum atomic E-state index is 14.1. The number of benzene rings is 2. The third kappa shape index (κ3) is 4.35. The third-order valence-electron chi connectivity index (χ3n) is 6.51. The lowest BCUT2D eigenvalue weighted by Gasteiger charge is -2.33. The highest BCUT2D eigenvalue weighted by atomic mass is 79.9. The summed E-state index contributed by atoms with van der Waals surface area (Å²) in [6.45, 7) is 1.66. The molecule has 1 aliphatic heterocycles. The Labute approximate surface area is 217 Å². The quantitative estimate of drug-likeness (QED) is 0.344. The van der Waals surface area contributed by atoms with Crippen molar-refractivity contribution in [3.63, 3.8) is 0 Å². The van der Waals surface area contributed by atoms with Crippen molar-refractivity contribution in [2.45, 2.75) is 31.6 Å². The first kappa shape index (κ1) is 24.9. The molecule has 37 heavy (non-hydrogen) atoms. The van der Waals surface area contributed by atoms with E-state index in [0.717, 1.165) is 4.68 Å². The van der Waals surface area contributed by atoms with Crippen LogP contribution in [-0.2, 0) is 7.05 Å². The number of para-hydroxylation sites is 1. The molecule has 2 aromatic heterocycles. The van der Waals surface area contributed by atoms with Crippen LogP contribution in [0.2, 0.25) is 0 Å². The van der Waals surface area contributed by atoms with Gasteiger partial charge in [0.1, 0.15) is 11.5 Å². The number of halogens is 4. The zero-order valence-electron chi connectivity index (χ0n) is 19.8. The summed E-state index contributed by atoms with van der Waals surface area (Å²) < 4.78 is 46.0. The number of nitrogens with zero attached hydrogens (tertiary/aromatic N) is 4. The number of nitrogens with one attached hydrogen (secondary N) is 2. The zero-order chi connectivity index (χ0) is 26.5. The first-order valence-corrected chi connectivity index (χ1v) is 12.2. The van der Waals surface area contributed by atoms with E-state index in [0.29, 0.717) is 16.9 Å². The van der Waals surface area contributed by atoms with Crippen molar-refractivity contribution < 1.29 is 18.0 Å². The van der Waals surface area contributed by atoms with Crippen molar-refractivity contribution in [2.75, 3.05) is 10.6 Å². The Kier molecular flexibility index (Phi) is 6.22. The Morgan fingerprint density at radius 1 is 1.11 bits per heavy atom. The predicted molar refractivity (Wildman–Crippen MR) is 136 cm³/mol. The molecule has 192 valence electrons. The van der Waals surface area contributed by atoms with E-state index in [1.54, 1.807) is 73.3 Å². The van der Waals surface area contributed by atoms with Gasteiger partial charge in [-0.05, 0) is 40.5 Å². The van der Waals surface area contributed by atoms with Crippen molar-refractivity contribution in [2.24, 2.45) is 7.05 Å². The number of carbonyl (C=O) groups excluding carboxylic acids is 1. The van der Waals surface area contributed by atoms with E-state index in [1.165, 1.54) is 4.68 Å². The smallest absolute Gasteiger partial charge is 0.362 e. The minimum atomic E-state index is -4.59. The molecule has 2 N–H and O–H groups in total. The predicted octanol–water partition coefficient (Wildman–Crippen LogP) is 5.36. The van der Waals surface area contributed by atoms with Gasteiger partial charge in [-0.1, -0.05) is 48.5 Å². The van der Waals surface area contributed by atoms with E-state index in [1.807, 2.05) is 6.07 Å². The molecule has 0 saturated heterocycles. The van der Waals surface area contributed by atoms with Gasteiger partial charge in [-0.25, -0.2) is 9.36 Å². The molecule has 0 bridgehead atoms. The van der Waals surface area contributed by atoms with Gasteiger partial charge in [-0.15, -0.1) is 0 Å². The molecule has 0 fully saturated rings. The highest BCUT2D eigenvalue weighted by Crippen LogP contribution is 2.46. The number of fused-ring (bicyclic) bond motifs is 1. The first-order chi connectivity index (χ1) is 17.6. The Bertz CT molecular complexity index is 1530. The van der Waals surface area contributed by atoms with Crippen LogP contribution in [0.3, 0.4) is 0 Å². The van der Waals surface area contributed by atoms with Gasteiger partial charge in [-0.3, -0.25) is 14.3 Å². The summed E-state index contributed by atoms with van der Waals surface area (Å²) in [7, 11) is 1.67. The fourth-order valence-corrected chi connectivity index (χ4v) is 5.08. The molecule has 0 aliphatic carbocycles. The molecule has 0 unspecified atom stereocenters. The number of carbonyl (C=O) groups is 1. The molecular weight excluding hydrogens is 553 g/mol. The molecule has 2 aromatic carbocycles. The SMILES string of the molecule is Cc1c(NC(=O)c2nn3c(c2Br)N[C@H](c2ccccc2)C[C@H]3C(F)(F)F)c(=O)n(-c2ccccc2)n1C. The van der Waals surface area contributed by atoms with Gasteiger partial charge in [0.15, 0.2) is 11.7 Å². The van der Waals surface area contributed by atoms with Crippen molar-refractivity contribution in [1.82, 2.24) is 19.1 Å². The van der Waals surface area contributed by atoms with Gasteiger partial charge >= 0.3 is 6.18 Å². The number of hydrogen-bond acceptors (Lipinski definition) is 4. The molecule has 3 heterocycles. The summed E-state index contributed by atoms with van der Waals surface area (Å²) in [5.41, 5.74) is 1.02. The van der Waals surface area contributed by atoms with Crippen molar-refractivity contribution in [3.05, 3.63) is 92.4 Å². The number of hydrogen-bond donors (Lipinski definition) is 2. The second-order valence-corrected chi connectivity index (χ2v) is 9.54. The van der Waals surface area contributed by atoms with Crippen LogP contribution in [0.25, 0.3) is 5.69 Å². The lowest BCUT2D eigenvalue weighted by Crippen LogP contribution is -2.35. The van der Waals surface area contributed by atoms with Crippen molar-refractivity contribution in [1.29, 1.82) is 0 Å². The lowest BCUT2D eigenvalue weighted by molar-refractivity contribution is -0.173. The molecule has 1 aliphatic rings. The topological polar surface area (TPSA) is 85.9 Å². The average Bonchev–Trinajstić information content (AvgIpc) is 3.32. The Morgan fingerprint density at radius 3 is 2.35 bits per heavy atom. The maximum absolute atomic E-state index is 14.1. The van der Waals surface area contributed by atoms with Crippen molar-refractivity contribution >= 4 is 33.3 Å². The van der Waals surface area contributed by atoms with E-state index < -0.39 is 29.7 Å². The van der Waals surface area contributed by atoms with E-state index in [9.17, 15) is 22.8 Å². The summed E-state index contributed by atoms with van der Waals surface area (Å²) >= 11 is 3.28. The fraction of sp³-hybridized carbons (Fsp3) is 0.240. The molecule has 12 heteroatoms. The van der Waals surface area contributed by atoms with Gasteiger partial charge in [0.05, 0.1) is 21.9 Å². The van der Waals surface area contributed by atoms with Gasteiger partial charge in [-0.2, -0.15) is 18.3 Å². The minimum Gasteiger partial charge on any atom is -0.362 e. The van der Waals surface area contributed by atoms with Crippen LogP contribution in [0.5, 0.6) is 0 Å². The summed E-state index contributed by atoms with van der Waals surface area (Å²) in [6.07, 6.45) is -4.89. The molecule has 4 aromatic rings. The summed E-state index contributed by atoms with van der Waals surface area (Å²) in [5, 5.41) is 9.68. The Hall–Kier alpha value is -3.80. The van der Waals surface area contributed by atoms with Crippen LogP contribution in [0.15, 0.2) is 69.9 Å². The second-order valence-electron chi connectivity index (χ2n) is 8.75. The number of alkyl halides is 3. The van der Waals surface area contributed by atoms with E-state index in [4.69, 9.17) is 0 Å². The molecule has 0 radical (unpaired) electrons. The summed E-state index contributed by atoms with van der Waals surface area (Å²) in [6, 6.07) is 15.1. The van der Waals surface area contributed by atoms with Crippen molar-refractivity contribution in [3.8, 4) is 5.69 Å².